The summed E-state index contributed by atoms with van der Waals surface area (Å²) in [7, 11) is -5.85. The Balaban J connectivity index is 1.82. The molecule has 0 bridgehead atoms. The maximum absolute atomic E-state index is 12.7. The topological polar surface area (TPSA) is 122 Å². The van der Waals surface area contributed by atoms with Crippen molar-refractivity contribution in [3.8, 4) is 11.5 Å². The minimum atomic E-state index is -3.77. The lowest BCUT2D eigenvalue weighted by Gasteiger charge is -2.23. The van der Waals surface area contributed by atoms with Crippen molar-refractivity contribution in [3.63, 3.8) is 0 Å². The van der Waals surface area contributed by atoms with Crippen molar-refractivity contribution < 1.29 is 31.1 Å². The van der Waals surface area contributed by atoms with E-state index < -0.39 is 32.5 Å². The number of benzene rings is 2. The van der Waals surface area contributed by atoms with Gasteiger partial charge < -0.3 is 14.8 Å². The van der Waals surface area contributed by atoms with Gasteiger partial charge in [-0.15, -0.1) is 0 Å². The van der Waals surface area contributed by atoms with E-state index in [0.717, 1.165) is 14.9 Å². The summed E-state index contributed by atoms with van der Waals surface area (Å²) in [6, 6.07) is 10.9. The zero-order valence-corrected chi connectivity index (χ0v) is 18.9. The van der Waals surface area contributed by atoms with Gasteiger partial charge in [-0.25, -0.2) is 16.8 Å². The van der Waals surface area contributed by atoms with E-state index in [0.29, 0.717) is 22.9 Å². The van der Waals surface area contributed by atoms with Crippen LogP contribution in [0.25, 0.3) is 0 Å². The number of sulfonamides is 2. The van der Waals surface area contributed by atoms with Crippen LogP contribution in [0.2, 0.25) is 0 Å². The highest BCUT2D eigenvalue weighted by Gasteiger charge is 2.26. The first kappa shape index (κ1) is 22.7. The highest BCUT2D eigenvalue weighted by molar-refractivity contribution is 7.92. The maximum atomic E-state index is 12.7. The van der Waals surface area contributed by atoms with Crippen LogP contribution >= 0.6 is 0 Å². The summed E-state index contributed by atoms with van der Waals surface area (Å²) in [5.41, 5.74) is 0.957. The number of nitrogens with zero attached hydrogens (tertiary/aromatic N) is 2. The van der Waals surface area contributed by atoms with Gasteiger partial charge in [-0.2, -0.15) is 0 Å². The minimum absolute atomic E-state index is 0.0397. The highest BCUT2D eigenvalue weighted by Crippen LogP contribution is 2.36. The van der Waals surface area contributed by atoms with E-state index >= 15 is 0 Å². The Morgan fingerprint density at radius 1 is 1.03 bits per heavy atom. The van der Waals surface area contributed by atoms with Crippen molar-refractivity contribution in [1.82, 2.24) is 0 Å². The summed E-state index contributed by atoms with van der Waals surface area (Å²) < 4.78 is 61.4. The van der Waals surface area contributed by atoms with Gasteiger partial charge in [-0.1, -0.05) is 6.07 Å². The number of rotatable bonds is 8. The molecule has 1 aliphatic rings. The van der Waals surface area contributed by atoms with Crippen molar-refractivity contribution in [2.45, 2.75) is 6.92 Å². The molecule has 0 saturated carbocycles. The number of amides is 1. The van der Waals surface area contributed by atoms with Crippen LogP contribution in [0.1, 0.15) is 6.92 Å². The van der Waals surface area contributed by atoms with Crippen LogP contribution < -0.4 is 23.4 Å². The SMILES string of the molecule is CCS(=O)(=O)N(CC(=O)Nc1cccc(N(C)S(C)(=O)=O)c1)c1ccc2c(c1)OCO2. The molecule has 3 rings (SSSR count). The molecule has 10 nitrogen and oxygen atoms in total. The lowest BCUT2D eigenvalue weighted by Crippen LogP contribution is -2.39. The van der Waals surface area contributed by atoms with E-state index in [1.165, 1.54) is 32.2 Å². The second-order valence-corrected chi connectivity index (χ2v) is 11.0. The molecule has 1 aliphatic heterocycles. The van der Waals surface area contributed by atoms with Crippen molar-refractivity contribution in [1.29, 1.82) is 0 Å². The van der Waals surface area contributed by atoms with Gasteiger partial charge in [0.2, 0.25) is 32.7 Å². The third-order valence-electron chi connectivity index (χ3n) is 4.62. The van der Waals surface area contributed by atoms with Gasteiger partial charge in [0.1, 0.15) is 6.54 Å². The van der Waals surface area contributed by atoms with E-state index in [1.54, 1.807) is 24.3 Å². The van der Waals surface area contributed by atoms with Crippen LogP contribution in [0.15, 0.2) is 42.5 Å². The maximum Gasteiger partial charge on any atom is 0.245 e. The Morgan fingerprint density at radius 2 is 1.74 bits per heavy atom. The zero-order valence-electron chi connectivity index (χ0n) is 17.2. The molecule has 12 heteroatoms. The minimum Gasteiger partial charge on any atom is -0.454 e. The van der Waals surface area contributed by atoms with Crippen LogP contribution in [-0.4, -0.2) is 55.1 Å². The normalized spacial score (nSPS) is 13.0. The first-order chi connectivity index (χ1) is 14.5. The Bertz CT molecular complexity index is 1200. The zero-order chi connectivity index (χ0) is 22.8. The van der Waals surface area contributed by atoms with Crippen LogP contribution in [0, 0.1) is 0 Å². The number of ether oxygens (including phenoxy) is 2. The van der Waals surface area contributed by atoms with Gasteiger partial charge in [-0.3, -0.25) is 13.4 Å². The molecule has 0 spiro atoms. The average Bonchev–Trinajstić information content (AvgIpc) is 3.18. The van der Waals surface area contributed by atoms with Gasteiger partial charge >= 0.3 is 0 Å². The molecule has 0 atom stereocenters. The Labute approximate surface area is 181 Å². The fourth-order valence-corrected chi connectivity index (χ4v) is 4.41. The predicted octanol–water partition coefficient (Wildman–Crippen LogP) is 1.61. The summed E-state index contributed by atoms with van der Waals surface area (Å²) >= 11 is 0. The number of anilines is 3. The molecular formula is C19H23N3O7S2. The van der Waals surface area contributed by atoms with Gasteiger partial charge in [0.15, 0.2) is 11.5 Å². The number of nitrogens with one attached hydrogen (secondary N) is 1. The number of carbonyl (C=O) groups excluding carboxylic acids is 1. The van der Waals surface area contributed by atoms with E-state index in [-0.39, 0.29) is 18.2 Å². The second-order valence-electron chi connectivity index (χ2n) is 6.77. The molecule has 31 heavy (non-hydrogen) atoms. The molecule has 1 N–H and O–H groups in total. The largest absolute Gasteiger partial charge is 0.454 e. The van der Waals surface area contributed by atoms with Crippen molar-refractivity contribution >= 4 is 43.0 Å². The van der Waals surface area contributed by atoms with Crippen LogP contribution in [0.3, 0.4) is 0 Å². The van der Waals surface area contributed by atoms with Gasteiger partial charge in [0, 0.05) is 18.8 Å². The van der Waals surface area contributed by atoms with Crippen molar-refractivity contribution in [3.05, 3.63) is 42.5 Å². The number of hydrogen-bond donors (Lipinski definition) is 1. The molecule has 1 heterocycles. The monoisotopic (exact) mass is 469 g/mol. The molecule has 2 aromatic carbocycles. The standard InChI is InChI=1S/C19H23N3O7S2/c1-4-31(26,27)22(16-8-9-17-18(11-16)29-13-28-17)12-19(23)20-14-6-5-7-15(10-14)21(2)30(3,24)25/h5-11H,4,12-13H2,1-3H3,(H,20,23). The quantitative estimate of drug-likeness (QED) is 0.623. The molecule has 1 amide bonds. The Hall–Kier alpha value is -2.99. The Kier molecular flexibility index (Phi) is 6.32. The van der Waals surface area contributed by atoms with Crippen molar-refractivity contribution in [2.75, 3.05) is 46.3 Å². The Morgan fingerprint density at radius 3 is 2.42 bits per heavy atom. The molecule has 0 saturated heterocycles. The van der Waals surface area contributed by atoms with E-state index in [1.807, 2.05) is 0 Å². The lowest BCUT2D eigenvalue weighted by molar-refractivity contribution is -0.114. The highest BCUT2D eigenvalue weighted by atomic mass is 32.2. The fourth-order valence-electron chi connectivity index (χ4n) is 2.85. The molecule has 2 aromatic rings. The first-order valence-electron chi connectivity index (χ1n) is 9.25. The van der Waals surface area contributed by atoms with Crippen LogP contribution in [0.4, 0.5) is 17.1 Å². The molecular weight excluding hydrogens is 446 g/mol. The second kappa shape index (κ2) is 8.63. The van der Waals surface area contributed by atoms with Crippen molar-refractivity contribution in [2.24, 2.45) is 0 Å². The van der Waals surface area contributed by atoms with Crippen LogP contribution in [0.5, 0.6) is 11.5 Å². The van der Waals surface area contributed by atoms with E-state index in [4.69, 9.17) is 9.47 Å². The molecule has 0 aromatic heterocycles. The van der Waals surface area contributed by atoms with Gasteiger partial charge in [-0.05, 0) is 37.3 Å². The average molecular weight is 470 g/mol. The summed E-state index contributed by atoms with van der Waals surface area (Å²) in [5.74, 6) is 0.0945. The fraction of sp³-hybridized carbons (Fsp3) is 0.316. The summed E-state index contributed by atoms with van der Waals surface area (Å²) in [6.45, 7) is 1.05. The third kappa shape index (κ3) is 5.20. The van der Waals surface area contributed by atoms with E-state index in [9.17, 15) is 21.6 Å². The summed E-state index contributed by atoms with van der Waals surface area (Å²) in [6.07, 6.45) is 1.07. The van der Waals surface area contributed by atoms with Crippen LogP contribution in [-0.2, 0) is 24.8 Å². The number of hydrogen-bond acceptors (Lipinski definition) is 7. The number of fused-ring (bicyclic) bond motifs is 1. The molecule has 0 unspecified atom stereocenters. The smallest absolute Gasteiger partial charge is 0.245 e. The third-order valence-corrected chi connectivity index (χ3v) is 7.57. The molecule has 0 aliphatic carbocycles. The van der Waals surface area contributed by atoms with Gasteiger partial charge in [0.25, 0.3) is 0 Å². The van der Waals surface area contributed by atoms with E-state index in [2.05, 4.69) is 5.32 Å². The summed E-state index contributed by atoms with van der Waals surface area (Å²) in [5, 5.41) is 2.61. The van der Waals surface area contributed by atoms with Gasteiger partial charge in [0.05, 0.1) is 23.4 Å². The number of carbonyl (C=O) groups is 1. The molecule has 0 fully saturated rings. The molecule has 168 valence electrons. The lowest BCUT2D eigenvalue weighted by atomic mass is 10.2. The predicted molar refractivity (Wildman–Crippen MR) is 118 cm³/mol. The first-order valence-corrected chi connectivity index (χ1v) is 12.7. The molecule has 0 radical (unpaired) electrons. The summed E-state index contributed by atoms with van der Waals surface area (Å²) in [4.78, 5) is 12.7.